The summed E-state index contributed by atoms with van der Waals surface area (Å²) in [6.07, 6.45) is 0. The molecule has 0 aliphatic rings. The molecule has 0 amide bonds. The first kappa shape index (κ1) is 16.3. The number of hydrogen-bond acceptors (Lipinski definition) is 0. The fourth-order valence-electron chi connectivity index (χ4n) is 5.41. The Morgan fingerprint density at radius 3 is 2.07 bits per heavy atom. The van der Waals surface area contributed by atoms with Gasteiger partial charge in [-0.25, -0.2) is 0 Å². The zero-order chi connectivity index (χ0) is 20.2. The van der Waals surface area contributed by atoms with Crippen LogP contribution in [0, 0.1) is 0 Å². The lowest BCUT2D eigenvalue weighted by Crippen LogP contribution is -2.10. The van der Waals surface area contributed by atoms with Crippen LogP contribution >= 0.6 is 0 Å². The van der Waals surface area contributed by atoms with Crippen molar-refractivity contribution in [2.75, 3.05) is 0 Å². The van der Waals surface area contributed by atoms with Crippen LogP contribution in [0.3, 0.4) is 0 Å². The molecule has 4 aromatic carbocycles. The van der Waals surface area contributed by atoms with Gasteiger partial charge in [0.05, 0.1) is 27.6 Å². The van der Waals surface area contributed by atoms with Crippen LogP contribution in [0.15, 0.2) is 78.9 Å². The Hall–Kier alpha value is -3.52. The van der Waals surface area contributed by atoms with Crippen LogP contribution < -0.4 is 0 Å². The van der Waals surface area contributed by atoms with Crippen LogP contribution in [0.25, 0.3) is 54.8 Å². The molecular formula is C28H22N2. The summed E-state index contributed by atoms with van der Waals surface area (Å²) in [6.45, 7) is 6.80. The SMILES string of the molecule is CC(C)(C)c1ccc(-n2c3cccc4c3c3c2ccc2c5ccccc5n4c23)cc1. The smallest absolute Gasteiger partial charge is 0.0642 e. The molecule has 0 radical (unpaired) electrons. The van der Waals surface area contributed by atoms with E-state index >= 15 is 0 Å². The van der Waals surface area contributed by atoms with Gasteiger partial charge in [-0.15, -0.1) is 0 Å². The zero-order valence-electron chi connectivity index (χ0n) is 17.4. The molecule has 0 bridgehead atoms. The summed E-state index contributed by atoms with van der Waals surface area (Å²) in [7, 11) is 0. The molecule has 0 N–H and O–H groups in total. The molecule has 0 fully saturated rings. The topological polar surface area (TPSA) is 9.34 Å². The van der Waals surface area contributed by atoms with Crippen LogP contribution in [0.2, 0.25) is 0 Å². The molecule has 0 spiro atoms. The number of nitrogens with zero attached hydrogens (tertiary/aromatic N) is 2. The molecular weight excluding hydrogens is 364 g/mol. The first-order chi connectivity index (χ1) is 14.5. The van der Waals surface area contributed by atoms with Gasteiger partial charge in [0, 0.05) is 27.2 Å². The summed E-state index contributed by atoms with van der Waals surface area (Å²) in [6, 6.07) is 29.2. The van der Waals surface area contributed by atoms with Crippen molar-refractivity contribution in [2.45, 2.75) is 26.2 Å². The molecule has 0 unspecified atom stereocenters. The first-order valence-corrected chi connectivity index (χ1v) is 10.6. The van der Waals surface area contributed by atoms with Crippen LogP contribution in [-0.4, -0.2) is 8.97 Å². The second kappa shape index (κ2) is 5.14. The Kier molecular flexibility index (Phi) is 2.79. The molecule has 3 aromatic heterocycles. The van der Waals surface area contributed by atoms with Crippen molar-refractivity contribution in [3.63, 3.8) is 0 Å². The predicted octanol–water partition coefficient (Wildman–Crippen LogP) is 7.52. The van der Waals surface area contributed by atoms with Gasteiger partial charge in [-0.3, -0.25) is 0 Å². The largest absolute Gasteiger partial charge is 0.309 e. The molecule has 0 aliphatic carbocycles. The number of rotatable bonds is 1. The highest BCUT2D eigenvalue weighted by molar-refractivity contribution is 6.32. The summed E-state index contributed by atoms with van der Waals surface area (Å²) in [4.78, 5) is 0. The molecule has 2 nitrogen and oxygen atoms in total. The van der Waals surface area contributed by atoms with Gasteiger partial charge in [0.1, 0.15) is 0 Å². The molecule has 2 heteroatoms. The van der Waals surface area contributed by atoms with Gasteiger partial charge in [-0.05, 0) is 47.4 Å². The Morgan fingerprint density at radius 1 is 0.567 bits per heavy atom. The van der Waals surface area contributed by atoms with Crippen molar-refractivity contribution < 1.29 is 0 Å². The fraction of sp³-hybridized carbons (Fsp3) is 0.143. The molecule has 0 aliphatic heterocycles. The number of hydrogen-bond donors (Lipinski definition) is 0. The monoisotopic (exact) mass is 386 g/mol. The highest BCUT2D eigenvalue weighted by atomic mass is 15.0. The highest BCUT2D eigenvalue weighted by Crippen LogP contribution is 2.45. The molecule has 144 valence electrons. The minimum Gasteiger partial charge on any atom is -0.309 e. The van der Waals surface area contributed by atoms with E-state index in [4.69, 9.17) is 0 Å². The maximum absolute atomic E-state index is 2.46. The standard InChI is InChI=1S/C28H22N2/c1-28(2,3)17-11-13-18(14-12-17)29-22-9-6-10-23-25(22)26-24(29)16-15-20-19-7-4-5-8-21(19)30(23)27(20)26/h4-16H,1-3H3. The van der Waals surface area contributed by atoms with E-state index in [9.17, 15) is 0 Å². The average molecular weight is 386 g/mol. The summed E-state index contributed by atoms with van der Waals surface area (Å²) in [5.74, 6) is 0. The van der Waals surface area contributed by atoms with Gasteiger partial charge in [0.15, 0.2) is 0 Å². The van der Waals surface area contributed by atoms with E-state index < -0.39 is 0 Å². The Bertz CT molecular complexity index is 1700. The summed E-state index contributed by atoms with van der Waals surface area (Å²) in [5.41, 5.74) is 9.27. The predicted molar refractivity (Wildman–Crippen MR) is 128 cm³/mol. The normalized spacial score (nSPS) is 13.2. The molecule has 3 heterocycles. The quantitative estimate of drug-likeness (QED) is 0.276. The fourth-order valence-corrected chi connectivity index (χ4v) is 5.41. The van der Waals surface area contributed by atoms with Crippen molar-refractivity contribution in [2.24, 2.45) is 0 Å². The van der Waals surface area contributed by atoms with Crippen molar-refractivity contribution in [1.29, 1.82) is 0 Å². The van der Waals surface area contributed by atoms with Crippen LogP contribution in [0.1, 0.15) is 26.3 Å². The maximum atomic E-state index is 2.46. The van der Waals surface area contributed by atoms with Crippen molar-refractivity contribution in [1.82, 2.24) is 8.97 Å². The second-order valence-corrected chi connectivity index (χ2v) is 9.51. The third-order valence-corrected chi connectivity index (χ3v) is 6.80. The molecule has 0 saturated heterocycles. The lowest BCUT2D eigenvalue weighted by molar-refractivity contribution is 0.590. The number of benzene rings is 4. The molecule has 30 heavy (non-hydrogen) atoms. The van der Waals surface area contributed by atoms with Crippen LogP contribution in [-0.2, 0) is 5.41 Å². The van der Waals surface area contributed by atoms with E-state index in [1.807, 2.05) is 0 Å². The van der Waals surface area contributed by atoms with Crippen molar-refractivity contribution in [3.8, 4) is 5.69 Å². The van der Waals surface area contributed by atoms with E-state index in [0.717, 1.165) is 0 Å². The summed E-state index contributed by atoms with van der Waals surface area (Å²) in [5, 5.41) is 5.43. The summed E-state index contributed by atoms with van der Waals surface area (Å²) >= 11 is 0. The molecule has 7 aromatic rings. The minimum atomic E-state index is 0.158. The Morgan fingerprint density at radius 2 is 1.27 bits per heavy atom. The highest BCUT2D eigenvalue weighted by Gasteiger charge is 2.24. The third-order valence-electron chi connectivity index (χ3n) is 6.80. The Labute approximate surface area is 174 Å². The molecule has 7 rings (SSSR count). The summed E-state index contributed by atoms with van der Waals surface area (Å²) < 4.78 is 4.89. The minimum absolute atomic E-state index is 0.158. The van der Waals surface area contributed by atoms with Crippen LogP contribution in [0.4, 0.5) is 0 Å². The van der Waals surface area contributed by atoms with E-state index in [1.54, 1.807) is 0 Å². The third kappa shape index (κ3) is 1.80. The second-order valence-electron chi connectivity index (χ2n) is 9.51. The number of para-hydroxylation sites is 1. The Balaban J connectivity index is 1.65. The van der Waals surface area contributed by atoms with Crippen LogP contribution in [0.5, 0.6) is 0 Å². The zero-order valence-corrected chi connectivity index (χ0v) is 17.4. The molecule has 0 atom stereocenters. The lowest BCUT2D eigenvalue weighted by Gasteiger charge is -2.19. The van der Waals surface area contributed by atoms with Gasteiger partial charge in [0.25, 0.3) is 0 Å². The van der Waals surface area contributed by atoms with Gasteiger partial charge in [-0.1, -0.05) is 63.2 Å². The van der Waals surface area contributed by atoms with E-state index in [2.05, 4.69) is 109 Å². The number of aromatic nitrogens is 2. The van der Waals surface area contributed by atoms with Crippen molar-refractivity contribution in [3.05, 3.63) is 84.4 Å². The van der Waals surface area contributed by atoms with Crippen molar-refractivity contribution >= 4 is 49.1 Å². The van der Waals surface area contributed by atoms with E-state index in [0.29, 0.717) is 0 Å². The first-order valence-electron chi connectivity index (χ1n) is 10.6. The van der Waals surface area contributed by atoms with Gasteiger partial charge in [0.2, 0.25) is 0 Å². The molecule has 0 saturated carbocycles. The van der Waals surface area contributed by atoms with Gasteiger partial charge in [-0.2, -0.15) is 0 Å². The van der Waals surface area contributed by atoms with E-state index in [-0.39, 0.29) is 5.41 Å². The number of fused-ring (bicyclic) bond motifs is 4. The van der Waals surface area contributed by atoms with Gasteiger partial charge < -0.3 is 8.97 Å². The van der Waals surface area contributed by atoms with E-state index in [1.165, 1.54) is 60.4 Å². The average Bonchev–Trinajstić information content (AvgIpc) is 3.38. The lowest BCUT2D eigenvalue weighted by atomic mass is 9.87. The maximum Gasteiger partial charge on any atom is 0.0642 e. The van der Waals surface area contributed by atoms with Gasteiger partial charge >= 0.3 is 0 Å².